The molecule has 1 aromatic carbocycles. The molecule has 0 aliphatic heterocycles. The second-order valence-electron chi connectivity index (χ2n) is 4.55. The van der Waals surface area contributed by atoms with E-state index in [0.717, 1.165) is 5.56 Å². The molecule has 0 amide bonds. The molecule has 0 radical (unpaired) electrons. The first-order chi connectivity index (χ1) is 9.89. The smallest absolute Gasteiger partial charge is 0.360 e. The van der Waals surface area contributed by atoms with Crippen molar-refractivity contribution in [2.24, 2.45) is 0 Å². The van der Waals surface area contributed by atoms with E-state index in [0.29, 0.717) is 17.4 Å². The Bertz CT molecular complexity index is 652. The van der Waals surface area contributed by atoms with Crippen LogP contribution in [0.1, 0.15) is 5.56 Å². The first-order valence-corrected chi connectivity index (χ1v) is 6.33. The van der Waals surface area contributed by atoms with Crippen LogP contribution in [0.2, 0.25) is 0 Å². The minimum atomic E-state index is -4.31. The van der Waals surface area contributed by atoms with E-state index in [-0.39, 0.29) is 11.8 Å². The Morgan fingerprint density at radius 2 is 2.00 bits per heavy atom. The molecule has 7 heteroatoms. The number of aromatic nitrogens is 2. The van der Waals surface area contributed by atoms with E-state index in [1.54, 1.807) is 18.2 Å². The molecule has 0 saturated carbocycles. The lowest BCUT2D eigenvalue weighted by molar-refractivity contribution is -0.115. The number of aryl methyl sites for hydroxylation is 1. The van der Waals surface area contributed by atoms with Crippen LogP contribution in [0.3, 0.4) is 0 Å². The summed E-state index contributed by atoms with van der Waals surface area (Å²) in [4.78, 5) is 8.37. The fraction of sp³-hybridized carbons (Fsp3) is 0.286. The van der Waals surface area contributed by atoms with Crippen molar-refractivity contribution in [3.05, 3.63) is 36.4 Å². The molecular formula is C14H15F3N4. The minimum absolute atomic E-state index is 0.160. The van der Waals surface area contributed by atoms with E-state index in [2.05, 4.69) is 27.2 Å². The predicted molar refractivity (Wildman–Crippen MR) is 77.5 cm³/mol. The number of alkyl halides is 3. The second-order valence-corrected chi connectivity index (χ2v) is 4.55. The summed E-state index contributed by atoms with van der Waals surface area (Å²) >= 11 is 0. The van der Waals surface area contributed by atoms with Crippen LogP contribution in [0.25, 0.3) is 10.9 Å². The quantitative estimate of drug-likeness (QED) is 0.829. The zero-order chi connectivity index (χ0) is 15.5. The molecule has 0 aliphatic rings. The minimum Gasteiger partial charge on any atom is -0.360 e. The lowest BCUT2D eigenvalue weighted by Crippen LogP contribution is -2.22. The normalized spacial score (nSPS) is 11.4. The third-order valence-electron chi connectivity index (χ3n) is 2.71. The van der Waals surface area contributed by atoms with Gasteiger partial charge in [-0.3, -0.25) is 0 Å². The maximum absolute atomic E-state index is 12.4. The van der Waals surface area contributed by atoms with Crippen LogP contribution in [0.4, 0.5) is 24.9 Å². The van der Waals surface area contributed by atoms with E-state index in [1.807, 2.05) is 13.0 Å². The monoisotopic (exact) mass is 296 g/mol. The average Bonchev–Trinajstić information content (AvgIpc) is 2.42. The number of hydrogen-bond acceptors (Lipinski definition) is 4. The highest BCUT2D eigenvalue weighted by Gasteiger charge is 2.27. The van der Waals surface area contributed by atoms with Crippen LogP contribution in [-0.2, 0) is 0 Å². The van der Waals surface area contributed by atoms with Gasteiger partial charge in [0.2, 0.25) is 5.95 Å². The number of halogens is 3. The van der Waals surface area contributed by atoms with Crippen molar-refractivity contribution in [1.82, 2.24) is 9.97 Å². The van der Waals surface area contributed by atoms with Gasteiger partial charge in [0.1, 0.15) is 12.4 Å². The third-order valence-corrected chi connectivity index (χ3v) is 2.71. The van der Waals surface area contributed by atoms with Gasteiger partial charge in [0.15, 0.2) is 0 Å². The highest BCUT2D eigenvalue weighted by Crippen LogP contribution is 2.25. The van der Waals surface area contributed by atoms with Crippen LogP contribution < -0.4 is 10.6 Å². The summed E-state index contributed by atoms with van der Waals surface area (Å²) in [5, 5.41) is 5.77. The molecule has 1 aromatic heterocycles. The van der Waals surface area contributed by atoms with Crippen molar-refractivity contribution in [2.75, 3.05) is 23.7 Å². The molecule has 4 nitrogen and oxygen atoms in total. The Labute approximate surface area is 120 Å². The Morgan fingerprint density at radius 1 is 1.24 bits per heavy atom. The van der Waals surface area contributed by atoms with Gasteiger partial charge in [-0.1, -0.05) is 17.7 Å². The molecule has 2 aromatic rings. The topological polar surface area (TPSA) is 49.8 Å². The van der Waals surface area contributed by atoms with Crippen molar-refractivity contribution in [3.8, 4) is 0 Å². The van der Waals surface area contributed by atoms with E-state index >= 15 is 0 Å². The number of anilines is 2. The highest BCUT2D eigenvalue weighted by atomic mass is 19.4. The molecule has 0 fully saturated rings. The zero-order valence-electron chi connectivity index (χ0n) is 11.5. The standard InChI is InChI=1S/C14H15F3N4/c1-3-6-18-13-20-11-5-4-9(2)7-10(11)12(21-13)19-8-14(15,16)17/h3-5,7H,1,6,8H2,2H3,(H2,18,19,20,21). The zero-order valence-corrected chi connectivity index (χ0v) is 11.5. The predicted octanol–water partition coefficient (Wildman–Crippen LogP) is 3.51. The number of nitrogens with one attached hydrogen (secondary N) is 2. The summed E-state index contributed by atoms with van der Waals surface area (Å²) in [7, 11) is 0. The first-order valence-electron chi connectivity index (χ1n) is 6.33. The SMILES string of the molecule is C=CCNc1nc(NCC(F)(F)F)c2cc(C)ccc2n1. The van der Waals surface area contributed by atoms with Crippen molar-refractivity contribution in [1.29, 1.82) is 0 Å². The van der Waals surface area contributed by atoms with Gasteiger partial charge in [0.05, 0.1) is 5.52 Å². The number of fused-ring (bicyclic) bond motifs is 1. The van der Waals surface area contributed by atoms with Crippen molar-refractivity contribution in [2.45, 2.75) is 13.1 Å². The number of benzene rings is 1. The maximum Gasteiger partial charge on any atom is 0.405 e. The fourth-order valence-electron chi connectivity index (χ4n) is 1.80. The van der Waals surface area contributed by atoms with Crippen molar-refractivity contribution in [3.63, 3.8) is 0 Å². The van der Waals surface area contributed by atoms with Crippen LogP contribution in [0, 0.1) is 6.92 Å². The Balaban J connectivity index is 2.42. The first kappa shape index (κ1) is 15.1. The Hall–Kier alpha value is -2.31. The molecule has 0 saturated heterocycles. The Kier molecular flexibility index (Phi) is 4.30. The summed E-state index contributed by atoms with van der Waals surface area (Å²) in [5.74, 6) is 0.420. The average molecular weight is 296 g/mol. The number of hydrogen-bond donors (Lipinski definition) is 2. The molecule has 0 aliphatic carbocycles. The molecule has 0 spiro atoms. The van der Waals surface area contributed by atoms with Crippen molar-refractivity contribution < 1.29 is 13.2 Å². The molecular weight excluding hydrogens is 281 g/mol. The fourth-order valence-corrected chi connectivity index (χ4v) is 1.80. The molecule has 2 N–H and O–H groups in total. The van der Waals surface area contributed by atoms with E-state index in [4.69, 9.17) is 0 Å². The summed E-state index contributed by atoms with van der Waals surface area (Å²) in [6, 6.07) is 5.36. The molecule has 0 unspecified atom stereocenters. The van der Waals surface area contributed by atoms with Gasteiger partial charge in [0, 0.05) is 11.9 Å². The summed E-state index contributed by atoms with van der Waals surface area (Å²) in [6.45, 7) is 4.70. The van der Waals surface area contributed by atoms with Crippen LogP contribution in [-0.4, -0.2) is 29.2 Å². The summed E-state index contributed by atoms with van der Waals surface area (Å²) < 4.78 is 37.2. The third kappa shape index (κ3) is 4.08. The van der Waals surface area contributed by atoms with E-state index in [9.17, 15) is 13.2 Å². The van der Waals surface area contributed by atoms with Gasteiger partial charge in [-0.15, -0.1) is 6.58 Å². The number of nitrogens with zero attached hydrogens (tertiary/aromatic N) is 2. The molecule has 2 rings (SSSR count). The lowest BCUT2D eigenvalue weighted by Gasteiger charge is -2.13. The molecule has 0 bridgehead atoms. The van der Waals surface area contributed by atoms with Crippen LogP contribution >= 0.6 is 0 Å². The van der Waals surface area contributed by atoms with E-state index in [1.165, 1.54) is 0 Å². The van der Waals surface area contributed by atoms with E-state index < -0.39 is 12.7 Å². The van der Waals surface area contributed by atoms with Gasteiger partial charge in [-0.2, -0.15) is 18.2 Å². The molecule has 0 atom stereocenters. The second kappa shape index (κ2) is 5.99. The summed E-state index contributed by atoms with van der Waals surface area (Å²) in [6.07, 6.45) is -2.69. The van der Waals surface area contributed by atoms with Crippen LogP contribution in [0.15, 0.2) is 30.9 Å². The molecule has 21 heavy (non-hydrogen) atoms. The lowest BCUT2D eigenvalue weighted by atomic mass is 10.1. The van der Waals surface area contributed by atoms with Gasteiger partial charge in [-0.05, 0) is 19.1 Å². The maximum atomic E-state index is 12.4. The number of rotatable bonds is 5. The molecule has 1 heterocycles. The molecule has 112 valence electrons. The van der Waals surface area contributed by atoms with Crippen molar-refractivity contribution >= 4 is 22.7 Å². The van der Waals surface area contributed by atoms with Gasteiger partial charge in [0.25, 0.3) is 0 Å². The van der Waals surface area contributed by atoms with Gasteiger partial charge in [-0.25, -0.2) is 4.98 Å². The van der Waals surface area contributed by atoms with Gasteiger partial charge >= 0.3 is 6.18 Å². The largest absolute Gasteiger partial charge is 0.405 e. The highest BCUT2D eigenvalue weighted by molar-refractivity contribution is 5.90. The van der Waals surface area contributed by atoms with Gasteiger partial charge < -0.3 is 10.6 Å². The Morgan fingerprint density at radius 3 is 2.67 bits per heavy atom. The summed E-state index contributed by atoms with van der Waals surface area (Å²) in [5.41, 5.74) is 1.50. The van der Waals surface area contributed by atoms with Crippen LogP contribution in [0.5, 0.6) is 0 Å².